The second kappa shape index (κ2) is 6.98. The summed E-state index contributed by atoms with van der Waals surface area (Å²) in [5.41, 5.74) is 1.04. The van der Waals surface area contributed by atoms with Crippen LogP contribution in [0.2, 0.25) is 0 Å². The Balaban J connectivity index is 1.53. The quantitative estimate of drug-likeness (QED) is 0.875. The van der Waals surface area contributed by atoms with E-state index in [1.165, 1.54) is 0 Å². The van der Waals surface area contributed by atoms with Gasteiger partial charge < -0.3 is 24.8 Å². The third-order valence-electron chi connectivity index (χ3n) is 4.64. The number of carboxylic acid groups (broad SMARTS) is 1. The summed E-state index contributed by atoms with van der Waals surface area (Å²) in [5, 5.41) is 12.0. The van der Waals surface area contributed by atoms with Crippen molar-refractivity contribution >= 4 is 12.0 Å². The highest BCUT2D eigenvalue weighted by atomic mass is 16.5. The third-order valence-corrected chi connectivity index (χ3v) is 4.64. The first-order valence-corrected chi connectivity index (χ1v) is 8.15. The number of carboxylic acids is 1. The molecular formula is C17H22N2O5. The van der Waals surface area contributed by atoms with Gasteiger partial charge in [0.2, 0.25) is 0 Å². The second-order valence-electron chi connectivity index (χ2n) is 6.23. The molecule has 7 heteroatoms. The number of fused-ring (bicyclic) bond motifs is 1. The number of ether oxygens (including phenoxy) is 2. The fourth-order valence-electron chi connectivity index (χ4n) is 3.17. The number of aliphatic carboxylic acids is 1. The van der Waals surface area contributed by atoms with Crippen LogP contribution in [0.25, 0.3) is 0 Å². The second-order valence-corrected chi connectivity index (χ2v) is 6.23. The first-order valence-electron chi connectivity index (χ1n) is 8.15. The molecule has 1 atom stereocenters. The summed E-state index contributed by atoms with van der Waals surface area (Å²) in [6.45, 7) is 1.37. The highest BCUT2D eigenvalue weighted by Crippen LogP contribution is 2.29. The molecule has 1 unspecified atom stereocenters. The van der Waals surface area contributed by atoms with E-state index in [2.05, 4.69) is 5.32 Å². The minimum absolute atomic E-state index is 0.0874. The third kappa shape index (κ3) is 3.55. The first-order chi connectivity index (χ1) is 11.6. The largest absolute Gasteiger partial charge is 0.497 e. The number of urea groups is 1. The van der Waals surface area contributed by atoms with Crippen molar-refractivity contribution in [2.75, 3.05) is 26.8 Å². The van der Waals surface area contributed by atoms with Gasteiger partial charge in [0.1, 0.15) is 18.1 Å². The van der Waals surface area contributed by atoms with Gasteiger partial charge in [-0.15, -0.1) is 0 Å². The van der Waals surface area contributed by atoms with Crippen LogP contribution in [-0.4, -0.2) is 54.9 Å². The zero-order chi connectivity index (χ0) is 17.1. The minimum Gasteiger partial charge on any atom is -0.497 e. The standard InChI is InChI=1S/C17H22N2O5/c1-23-14-3-2-12-8-13(10-24-15(12)9-14)18-17(22)19-6-4-11(5-7-19)16(20)21/h2-3,9,11,13H,4-8,10H2,1H3,(H,18,22)(H,20,21). The maximum absolute atomic E-state index is 12.3. The van der Waals surface area contributed by atoms with Crippen molar-refractivity contribution in [2.24, 2.45) is 5.92 Å². The van der Waals surface area contributed by atoms with Crippen molar-refractivity contribution in [2.45, 2.75) is 25.3 Å². The molecule has 0 aliphatic carbocycles. The van der Waals surface area contributed by atoms with Gasteiger partial charge in [-0.25, -0.2) is 4.79 Å². The molecule has 0 saturated carbocycles. The summed E-state index contributed by atoms with van der Waals surface area (Å²) in [5.74, 6) is 0.427. The Bertz CT molecular complexity index is 625. The maximum atomic E-state index is 12.3. The van der Waals surface area contributed by atoms with E-state index in [0.29, 0.717) is 39.0 Å². The summed E-state index contributed by atoms with van der Waals surface area (Å²) in [4.78, 5) is 25.0. The molecule has 0 spiro atoms. The van der Waals surface area contributed by atoms with E-state index in [4.69, 9.17) is 14.6 Å². The van der Waals surface area contributed by atoms with Gasteiger partial charge in [-0.3, -0.25) is 4.79 Å². The topological polar surface area (TPSA) is 88.1 Å². The number of likely N-dealkylation sites (tertiary alicyclic amines) is 1. The summed E-state index contributed by atoms with van der Waals surface area (Å²) in [6, 6.07) is 5.44. The average Bonchev–Trinajstić information content (AvgIpc) is 2.61. The highest BCUT2D eigenvalue weighted by Gasteiger charge is 2.29. The van der Waals surface area contributed by atoms with E-state index in [1.807, 2.05) is 18.2 Å². The molecule has 1 aromatic rings. The van der Waals surface area contributed by atoms with Crippen LogP contribution in [0, 0.1) is 5.92 Å². The van der Waals surface area contributed by atoms with E-state index in [1.54, 1.807) is 12.0 Å². The monoisotopic (exact) mass is 334 g/mol. The van der Waals surface area contributed by atoms with Crippen LogP contribution < -0.4 is 14.8 Å². The smallest absolute Gasteiger partial charge is 0.317 e. The van der Waals surface area contributed by atoms with Crippen molar-refractivity contribution in [3.8, 4) is 11.5 Å². The summed E-state index contributed by atoms with van der Waals surface area (Å²) < 4.78 is 10.9. The number of methoxy groups -OCH3 is 1. The molecule has 1 saturated heterocycles. The Hall–Kier alpha value is -2.44. The summed E-state index contributed by atoms with van der Waals surface area (Å²) in [7, 11) is 1.61. The molecule has 2 aliphatic rings. The van der Waals surface area contributed by atoms with Crippen molar-refractivity contribution in [1.82, 2.24) is 10.2 Å². The van der Waals surface area contributed by atoms with Crippen LogP contribution in [0.3, 0.4) is 0 Å². The van der Waals surface area contributed by atoms with Crippen molar-refractivity contribution < 1.29 is 24.2 Å². The number of amides is 2. The zero-order valence-corrected chi connectivity index (χ0v) is 13.7. The lowest BCUT2D eigenvalue weighted by molar-refractivity contribution is -0.143. The number of carbonyl (C=O) groups is 2. The molecule has 1 fully saturated rings. The van der Waals surface area contributed by atoms with Crippen molar-refractivity contribution in [1.29, 1.82) is 0 Å². The van der Waals surface area contributed by atoms with Gasteiger partial charge in [0.25, 0.3) is 0 Å². The predicted octanol–water partition coefficient (Wildman–Crippen LogP) is 1.50. The number of nitrogens with one attached hydrogen (secondary N) is 1. The lowest BCUT2D eigenvalue weighted by atomic mass is 9.97. The summed E-state index contributed by atoms with van der Waals surface area (Å²) in [6.07, 6.45) is 1.72. The van der Waals surface area contributed by atoms with Crippen LogP contribution in [0.15, 0.2) is 18.2 Å². The molecule has 0 bridgehead atoms. The van der Waals surface area contributed by atoms with Gasteiger partial charge >= 0.3 is 12.0 Å². The number of carbonyl (C=O) groups excluding carboxylic acids is 1. The normalized spacial score (nSPS) is 20.7. The minimum atomic E-state index is -0.775. The van der Waals surface area contributed by atoms with E-state index < -0.39 is 5.97 Å². The fourth-order valence-corrected chi connectivity index (χ4v) is 3.17. The van der Waals surface area contributed by atoms with Crippen molar-refractivity contribution in [3.05, 3.63) is 23.8 Å². The number of piperidine rings is 1. The SMILES string of the molecule is COc1ccc2c(c1)OCC(NC(=O)N1CCC(C(=O)O)CC1)C2. The molecule has 0 aromatic heterocycles. The van der Waals surface area contributed by atoms with Gasteiger partial charge in [0.15, 0.2) is 0 Å². The van der Waals surface area contributed by atoms with Crippen LogP contribution >= 0.6 is 0 Å². The molecule has 2 N–H and O–H groups in total. The van der Waals surface area contributed by atoms with Gasteiger partial charge in [-0.1, -0.05) is 6.07 Å². The molecule has 24 heavy (non-hydrogen) atoms. The van der Waals surface area contributed by atoms with Gasteiger partial charge in [-0.2, -0.15) is 0 Å². The fraction of sp³-hybridized carbons (Fsp3) is 0.529. The molecular weight excluding hydrogens is 312 g/mol. The lowest BCUT2D eigenvalue weighted by Crippen LogP contribution is -2.51. The van der Waals surface area contributed by atoms with Crippen molar-refractivity contribution in [3.63, 3.8) is 0 Å². The number of hydrogen-bond donors (Lipinski definition) is 2. The number of nitrogens with zero attached hydrogens (tertiary/aromatic N) is 1. The number of rotatable bonds is 3. The van der Waals surface area contributed by atoms with E-state index in [-0.39, 0.29) is 18.0 Å². The van der Waals surface area contributed by atoms with E-state index in [9.17, 15) is 9.59 Å². The maximum Gasteiger partial charge on any atom is 0.317 e. The first kappa shape index (κ1) is 16.4. The van der Waals surface area contributed by atoms with Crippen LogP contribution in [-0.2, 0) is 11.2 Å². The summed E-state index contributed by atoms with van der Waals surface area (Å²) >= 11 is 0. The van der Waals surface area contributed by atoms with Gasteiger partial charge in [0, 0.05) is 19.2 Å². The molecule has 2 aliphatic heterocycles. The van der Waals surface area contributed by atoms with E-state index >= 15 is 0 Å². The molecule has 3 rings (SSSR count). The molecule has 1 aromatic carbocycles. The van der Waals surface area contributed by atoms with Crippen LogP contribution in [0.4, 0.5) is 4.79 Å². The Kier molecular flexibility index (Phi) is 4.78. The van der Waals surface area contributed by atoms with E-state index in [0.717, 1.165) is 17.1 Å². The molecule has 130 valence electrons. The average molecular weight is 334 g/mol. The number of benzene rings is 1. The van der Waals surface area contributed by atoms with Gasteiger partial charge in [-0.05, 0) is 30.9 Å². The lowest BCUT2D eigenvalue weighted by Gasteiger charge is -2.33. The molecule has 2 amide bonds. The van der Waals surface area contributed by atoms with Crippen LogP contribution in [0.5, 0.6) is 11.5 Å². The Labute approximate surface area is 140 Å². The van der Waals surface area contributed by atoms with Crippen LogP contribution in [0.1, 0.15) is 18.4 Å². The molecule has 7 nitrogen and oxygen atoms in total. The molecule has 0 radical (unpaired) electrons. The Morgan fingerprint density at radius 1 is 1.33 bits per heavy atom. The van der Waals surface area contributed by atoms with Gasteiger partial charge in [0.05, 0.1) is 19.1 Å². The Morgan fingerprint density at radius 3 is 2.75 bits per heavy atom. The molecule has 2 heterocycles. The Morgan fingerprint density at radius 2 is 2.08 bits per heavy atom. The highest BCUT2D eigenvalue weighted by molar-refractivity contribution is 5.75. The zero-order valence-electron chi connectivity index (χ0n) is 13.7. The predicted molar refractivity (Wildman–Crippen MR) is 86.4 cm³/mol. The number of hydrogen-bond acceptors (Lipinski definition) is 4.